The molecule has 2 fully saturated rings. The number of benzene rings is 1. The normalized spacial score (nSPS) is 21.0. The van der Waals surface area contributed by atoms with Crippen LogP contribution < -0.4 is 16.0 Å². The van der Waals surface area contributed by atoms with Gasteiger partial charge in [0, 0.05) is 11.9 Å². The molecule has 0 spiro atoms. The first-order chi connectivity index (χ1) is 14.1. The first kappa shape index (κ1) is 20.9. The Labute approximate surface area is 177 Å². The number of urea groups is 1. The number of hydrogen-bond acceptors (Lipinski definition) is 4. The summed E-state index contributed by atoms with van der Waals surface area (Å²) in [5.41, 5.74) is -1.42. The number of nitrogens with one attached hydrogen (secondary N) is 3. The summed E-state index contributed by atoms with van der Waals surface area (Å²) in [6.45, 7) is 0.0566. The van der Waals surface area contributed by atoms with E-state index < -0.39 is 41.4 Å². The monoisotopic (exact) mass is 462 g/mol. The molecule has 1 saturated heterocycles. The van der Waals surface area contributed by atoms with E-state index in [1.54, 1.807) is 0 Å². The Hall–Kier alpha value is -2.40. The lowest BCUT2D eigenvalue weighted by molar-refractivity contribution is -0.160. The molecule has 3 N–H and O–H groups in total. The van der Waals surface area contributed by atoms with Crippen LogP contribution in [-0.4, -0.2) is 35.7 Å². The molecular weight excluding hydrogens is 448 g/mol. The van der Waals surface area contributed by atoms with E-state index in [9.17, 15) is 27.2 Å². The third-order valence-corrected chi connectivity index (χ3v) is 6.53. The van der Waals surface area contributed by atoms with E-state index in [1.807, 2.05) is 0 Å². The van der Waals surface area contributed by atoms with Gasteiger partial charge in [-0.05, 0) is 30.5 Å². The predicted octanol–water partition coefficient (Wildman–Crippen LogP) is 3.42. The van der Waals surface area contributed by atoms with Crippen molar-refractivity contribution < 1.29 is 27.2 Å². The maximum absolute atomic E-state index is 13.6. The molecule has 12 heteroatoms. The molecule has 30 heavy (non-hydrogen) atoms. The number of nitrogens with zero attached hydrogens (tertiary/aromatic N) is 1. The summed E-state index contributed by atoms with van der Waals surface area (Å²) < 4.78 is 54.0. The van der Waals surface area contributed by atoms with Gasteiger partial charge < -0.3 is 16.0 Å². The second-order valence-corrected chi connectivity index (χ2v) is 8.44. The smallest absolute Gasteiger partial charge is 0.342 e. The highest BCUT2D eigenvalue weighted by Gasteiger charge is 2.66. The molecule has 1 aromatic carbocycles. The standard InChI is InChI=1S/C18H15ClF4N4O2S/c19-9-5-8(1-2-10(9)20)13(27-14(28)11-6-24-16(29)26-11)12-7-30-15(25-12)17(3-4-17)18(21,22)23/h1-2,5,7,11,13H,3-4,6H2,(H,27,28)(H2,24,26,29)/t11-,13-/m0/s1. The lowest BCUT2D eigenvalue weighted by Gasteiger charge is -2.20. The summed E-state index contributed by atoms with van der Waals surface area (Å²) in [5, 5.41) is 8.71. The Morgan fingerprint density at radius 2 is 2.10 bits per heavy atom. The fourth-order valence-electron chi connectivity index (χ4n) is 3.26. The highest BCUT2D eigenvalue weighted by atomic mass is 35.5. The van der Waals surface area contributed by atoms with E-state index in [2.05, 4.69) is 20.9 Å². The van der Waals surface area contributed by atoms with Crippen LogP contribution in [0.4, 0.5) is 22.4 Å². The average Bonchev–Trinajstić information content (AvgIpc) is 3.16. The number of halogens is 5. The minimum absolute atomic E-state index is 0.0391. The highest BCUT2D eigenvalue weighted by Crippen LogP contribution is 2.59. The average molecular weight is 463 g/mol. The van der Waals surface area contributed by atoms with Crippen LogP contribution >= 0.6 is 22.9 Å². The number of hydrogen-bond donors (Lipinski definition) is 3. The van der Waals surface area contributed by atoms with Crippen LogP contribution in [0.5, 0.6) is 0 Å². The van der Waals surface area contributed by atoms with E-state index in [-0.39, 0.29) is 35.1 Å². The molecule has 1 aliphatic carbocycles. The van der Waals surface area contributed by atoms with Crippen molar-refractivity contribution in [2.75, 3.05) is 6.54 Å². The van der Waals surface area contributed by atoms with Gasteiger partial charge in [0.25, 0.3) is 0 Å². The Morgan fingerprint density at radius 3 is 2.67 bits per heavy atom. The van der Waals surface area contributed by atoms with Crippen LogP contribution in [0, 0.1) is 5.82 Å². The van der Waals surface area contributed by atoms with E-state index >= 15 is 0 Å². The van der Waals surface area contributed by atoms with Crippen molar-refractivity contribution in [3.05, 3.63) is 50.7 Å². The van der Waals surface area contributed by atoms with Crippen molar-refractivity contribution >= 4 is 34.9 Å². The minimum Gasteiger partial charge on any atom is -0.342 e. The van der Waals surface area contributed by atoms with Gasteiger partial charge in [0.05, 0.1) is 16.8 Å². The molecule has 2 atom stereocenters. The van der Waals surface area contributed by atoms with Gasteiger partial charge in [0.15, 0.2) is 0 Å². The van der Waals surface area contributed by atoms with Crippen molar-refractivity contribution in [1.29, 1.82) is 0 Å². The fourth-order valence-corrected chi connectivity index (χ4v) is 4.57. The number of alkyl halides is 3. The van der Waals surface area contributed by atoms with E-state index in [0.29, 0.717) is 5.56 Å². The van der Waals surface area contributed by atoms with E-state index in [0.717, 1.165) is 17.4 Å². The van der Waals surface area contributed by atoms with Gasteiger partial charge in [-0.3, -0.25) is 4.79 Å². The van der Waals surface area contributed by atoms with Crippen molar-refractivity contribution in [3.63, 3.8) is 0 Å². The maximum atomic E-state index is 13.6. The molecule has 3 amide bonds. The first-order valence-corrected chi connectivity index (χ1v) is 10.2. The summed E-state index contributed by atoms with van der Waals surface area (Å²) in [6.07, 6.45) is -4.49. The fraction of sp³-hybridized carbons (Fsp3) is 0.389. The van der Waals surface area contributed by atoms with Crippen LogP contribution in [0.25, 0.3) is 0 Å². The quantitative estimate of drug-likeness (QED) is 0.595. The largest absolute Gasteiger partial charge is 0.400 e. The number of carbonyl (C=O) groups excluding carboxylic acids is 2. The highest BCUT2D eigenvalue weighted by molar-refractivity contribution is 7.09. The van der Waals surface area contributed by atoms with Gasteiger partial charge in [-0.2, -0.15) is 13.2 Å². The van der Waals surface area contributed by atoms with Gasteiger partial charge in [-0.1, -0.05) is 17.7 Å². The van der Waals surface area contributed by atoms with Crippen LogP contribution in [0.2, 0.25) is 5.02 Å². The topological polar surface area (TPSA) is 83.1 Å². The summed E-state index contributed by atoms with van der Waals surface area (Å²) in [7, 11) is 0. The zero-order valence-electron chi connectivity index (χ0n) is 15.1. The summed E-state index contributed by atoms with van der Waals surface area (Å²) in [4.78, 5) is 28.1. The Balaban J connectivity index is 1.66. The van der Waals surface area contributed by atoms with Crippen molar-refractivity contribution in [1.82, 2.24) is 20.9 Å². The van der Waals surface area contributed by atoms with E-state index in [4.69, 9.17) is 11.6 Å². The van der Waals surface area contributed by atoms with Crippen LogP contribution in [-0.2, 0) is 10.2 Å². The molecule has 6 nitrogen and oxygen atoms in total. The minimum atomic E-state index is -4.42. The van der Waals surface area contributed by atoms with Gasteiger partial charge in [0.1, 0.15) is 22.3 Å². The summed E-state index contributed by atoms with van der Waals surface area (Å²) in [6, 6.07) is 1.41. The van der Waals surface area contributed by atoms with Gasteiger partial charge in [-0.15, -0.1) is 11.3 Å². The molecule has 0 unspecified atom stereocenters. The molecule has 2 heterocycles. The second kappa shape index (κ2) is 7.38. The zero-order chi connectivity index (χ0) is 21.7. The lowest BCUT2D eigenvalue weighted by atomic mass is 10.0. The van der Waals surface area contributed by atoms with Crippen LogP contribution in [0.3, 0.4) is 0 Å². The third kappa shape index (κ3) is 3.71. The Morgan fingerprint density at radius 1 is 1.37 bits per heavy atom. The van der Waals surface area contributed by atoms with Crippen LogP contribution in [0.15, 0.2) is 23.6 Å². The molecule has 2 aliphatic rings. The molecule has 0 bridgehead atoms. The van der Waals surface area contributed by atoms with Gasteiger partial charge >= 0.3 is 12.2 Å². The van der Waals surface area contributed by atoms with E-state index in [1.165, 1.54) is 17.5 Å². The van der Waals surface area contributed by atoms with Crippen LogP contribution in [0.1, 0.15) is 35.1 Å². The molecule has 4 rings (SSSR count). The Kier molecular flexibility index (Phi) is 5.13. The number of aromatic nitrogens is 1. The maximum Gasteiger partial charge on any atom is 0.400 e. The third-order valence-electron chi connectivity index (χ3n) is 5.17. The molecule has 1 saturated carbocycles. The molecule has 2 aromatic rings. The second-order valence-electron chi connectivity index (χ2n) is 7.18. The molecule has 0 radical (unpaired) electrons. The number of carbonyl (C=O) groups is 2. The summed E-state index contributed by atoms with van der Waals surface area (Å²) in [5.74, 6) is -1.24. The molecule has 160 valence electrons. The number of thiazole rings is 1. The molecular formula is C18H15ClF4N4O2S. The van der Waals surface area contributed by atoms with Gasteiger partial charge in [-0.25, -0.2) is 14.2 Å². The number of amides is 3. The van der Waals surface area contributed by atoms with Crippen molar-refractivity contribution in [3.8, 4) is 0 Å². The SMILES string of the molecule is O=C1NC[C@@H](C(=O)N[C@@H](c2ccc(F)c(Cl)c2)c2csc(C3(C(F)(F)F)CC3)n2)N1. The van der Waals surface area contributed by atoms with Crippen molar-refractivity contribution in [2.24, 2.45) is 0 Å². The Bertz CT molecular complexity index is 1010. The first-order valence-electron chi connectivity index (χ1n) is 8.93. The molecule has 1 aliphatic heterocycles. The van der Waals surface area contributed by atoms with Gasteiger partial charge in [0.2, 0.25) is 5.91 Å². The zero-order valence-corrected chi connectivity index (χ0v) is 16.7. The molecule has 1 aromatic heterocycles. The predicted molar refractivity (Wildman–Crippen MR) is 101 cm³/mol. The number of rotatable bonds is 5. The van der Waals surface area contributed by atoms with Crippen molar-refractivity contribution in [2.45, 2.75) is 36.5 Å². The lowest BCUT2D eigenvalue weighted by Crippen LogP contribution is -2.44. The summed E-state index contributed by atoms with van der Waals surface area (Å²) >= 11 is 6.72.